The van der Waals surface area contributed by atoms with Crippen LogP contribution in [0.4, 0.5) is 0 Å². The summed E-state index contributed by atoms with van der Waals surface area (Å²) in [5.41, 5.74) is 0.682. The van der Waals surface area contributed by atoms with E-state index in [2.05, 4.69) is 9.98 Å². The van der Waals surface area contributed by atoms with E-state index in [-0.39, 0.29) is 44.0 Å². The molecule has 0 unspecified atom stereocenters. The smallest absolute Gasteiger partial charge is 0.870 e. The van der Waals surface area contributed by atoms with Gasteiger partial charge in [0.1, 0.15) is 11.5 Å². The molecular formula is C20H20N2O4Pd. The Labute approximate surface area is 171 Å². The van der Waals surface area contributed by atoms with Crippen LogP contribution < -0.4 is 10.2 Å². The Balaban J connectivity index is 0.00000261. The number of rotatable bonds is 4. The number of para-hydroxylation sites is 2. The van der Waals surface area contributed by atoms with Gasteiger partial charge < -0.3 is 20.4 Å². The number of aliphatic imine (C=N–C) groups is 2. The average Bonchev–Trinajstić information content (AvgIpc) is 2.65. The fourth-order valence-corrected chi connectivity index (χ4v) is 3.08. The number of phenolic OH excluding ortho intramolecular Hbond substituents is 2. The van der Waals surface area contributed by atoms with Crippen molar-refractivity contribution in [2.45, 2.75) is 37.8 Å². The van der Waals surface area contributed by atoms with Crippen molar-refractivity contribution in [1.82, 2.24) is 0 Å². The zero-order valence-corrected chi connectivity index (χ0v) is 16.1. The Bertz CT molecular complexity index is 769. The molecule has 2 N–H and O–H groups in total. The van der Waals surface area contributed by atoms with Crippen molar-refractivity contribution in [2.24, 2.45) is 9.98 Å². The fourth-order valence-electron chi connectivity index (χ4n) is 3.08. The van der Waals surface area contributed by atoms with Gasteiger partial charge in [-0.1, -0.05) is 48.6 Å². The van der Waals surface area contributed by atoms with E-state index in [1.807, 2.05) is 0 Å². The predicted molar refractivity (Wildman–Crippen MR) is 96.3 cm³/mol. The first-order chi connectivity index (χ1) is 12.6. The molecule has 6 nitrogen and oxygen atoms in total. The second-order valence-electron chi connectivity index (χ2n) is 6.37. The topological polar surface area (TPSA) is 111 Å². The van der Waals surface area contributed by atoms with Crippen LogP contribution in [0, 0.1) is 0 Å². The van der Waals surface area contributed by atoms with Gasteiger partial charge in [-0.25, -0.2) is 0 Å². The molecule has 0 bridgehead atoms. The molecule has 0 spiro atoms. The number of hydrogen-bond donors (Lipinski definition) is 2. The molecule has 1 aliphatic rings. The Morgan fingerprint density at radius 2 is 1.19 bits per heavy atom. The van der Waals surface area contributed by atoms with Crippen molar-refractivity contribution < 1.29 is 40.8 Å². The van der Waals surface area contributed by atoms with E-state index in [9.17, 15) is 20.4 Å². The van der Waals surface area contributed by atoms with Crippen LogP contribution in [0.25, 0.3) is 0 Å². The summed E-state index contributed by atoms with van der Waals surface area (Å²) in [7, 11) is 0. The molecule has 1 saturated carbocycles. The van der Waals surface area contributed by atoms with Gasteiger partial charge in [0, 0.05) is 12.4 Å². The summed E-state index contributed by atoms with van der Waals surface area (Å²) >= 11 is 0. The minimum absolute atomic E-state index is 0. The maximum absolute atomic E-state index is 11.9. The molecule has 2 atom stereocenters. The number of nitrogens with zero attached hydrogens (tertiary/aromatic N) is 2. The van der Waals surface area contributed by atoms with Crippen molar-refractivity contribution >= 4 is 12.4 Å². The Kier molecular flexibility index (Phi) is 7.40. The minimum atomic E-state index is -0.442. The van der Waals surface area contributed by atoms with Crippen molar-refractivity contribution in [3.8, 4) is 23.0 Å². The van der Waals surface area contributed by atoms with Crippen molar-refractivity contribution in [3.05, 3.63) is 47.5 Å². The predicted octanol–water partition coefficient (Wildman–Crippen LogP) is 2.09. The summed E-state index contributed by atoms with van der Waals surface area (Å²) in [6.45, 7) is 0. The molecule has 0 aromatic heterocycles. The van der Waals surface area contributed by atoms with E-state index in [0.717, 1.165) is 25.7 Å². The van der Waals surface area contributed by atoms with E-state index >= 15 is 0 Å². The van der Waals surface area contributed by atoms with E-state index in [1.165, 1.54) is 24.6 Å². The normalized spacial score (nSPS) is 20.0. The van der Waals surface area contributed by atoms with Gasteiger partial charge in [0.25, 0.3) is 0 Å². The van der Waals surface area contributed by atoms with Gasteiger partial charge in [-0.2, -0.15) is 0 Å². The maximum Gasteiger partial charge on any atom is 2.00 e. The third-order valence-electron chi connectivity index (χ3n) is 4.55. The van der Waals surface area contributed by atoms with E-state index in [4.69, 9.17) is 0 Å². The molecule has 0 radical (unpaired) electrons. The van der Waals surface area contributed by atoms with Gasteiger partial charge in [0.15, 0.2) is 0 Å². The molecule has 1 aliphatic carbocycles. The third-order valence-corrected chi connectivity index (χ3v) is 4.55. The van der Waals surface area contributed by atoms with Gasteiger partial charge in [-0.05, 0) is 36.1 Å². The second kappa shape index (κ2) is 9.54. The first-order valence-electron chi connectivity index (χ1n) is 8.60. The Morgan fingerprint density at radius 3 is 1.59 bits per heavy atom. The molecule has 0 saturated heterocycles. The van der Waals surface area contributed by atoms with Gasteiger partial charge >= 0.3 is 20.4 Å². The van der Waals surface area contributed by atoms with Crippen molar-refractivity contribution in [1.29, 1.82) is 0 Å². The summed E-state index contributed by atoms with van der Waals surface area (Å²) in [6.07, 6.45) is 6.72. The van der Waals surface area contributed by atoms with Gasteiger partial charge in [-0.3, -0.25) is 9.98 Å². The molecule has 144 valence electrons. The van der Waals surface area contributed by atoms with Crippen LogP contribution in [0.15, 0.2) is 46.4 Å². The third kappa shape index (κ3) is 5.09. The molecule has 2 aromatic rings. The van der Waals surface area contributed by atoms with Crippen LogP contribution in [-0.4, -0.2) is 34.7 Å². The summed E-state index contributed by atoms with van der Waals surface area (Å²) in [5, 5.41) is 42.7. The van der Waals surface area contributed by atoms with Crippen molar-refractivity contribution in [3.63, 3.8) is 0 Å². The molecular weight excluding hydrogens is 439 g/mol. The largest absolute Gasteiger partial charge is 2.00 e. The minimum Gasteiger partial charge on any atom is -0.870 e. The maximum atomic E-state index is 11.9. The van der Waals surface area contributed by atoms with Crippen molar-refractivity contribution in [2.75, 3.05) is 0 Å². The first-order valence-corrected chi connectivity index (χ1v) is 8.60. The van der Waals surface area contributed by atoms with Gasteiger partial charge in [-0.15, -0.1) is 0 Å². The average molecular weight is 459 g/mol. The summed E-state index contributed by atoms with van der Waals surface area (Å²) in [6, 6.07) is 8.96. The zero-order chi connectivity index (χ0) is 18.5. The van der Waals surface area contributed by atoms with Crippen LogP contribution >= 0.6 is 0 Å². The Morgan fingerprint density at radius 1 is 0.778 bits per heavy atom. The monoisotopic (exact) mass is 458 g/mol. The summed E-state index contributed by atoms with van der Waals surface area (Å²) in [5.74, 6) is -1.47. The fraction of sp³-hybridized carbons (Fsp3) is 0.300. The molecule has 1 fully saturated rings. The van der Waals surface area contributed by atoms with E-state index in [1.54, 1.807) is 24.3 Å². The molecule has 0 amide bonds. The quantitative estimate of drug-likeness (QED) is 0.539. The van der Waals surface area contributed by atoms with Crippen LogP contribution in [0.2, 0.25) is 0 Å². The standard InChI is InChI=1S/C20H22N2O4.Pd/c23-17-9-3-5-13(19(17)25)11-21-15-7-1-2-8-16(15)22-12-14-6-4-10-18(24)20(14)26;/h3-6,9-12,15-16,23-26H,1-2,7-8H2;/q;+2/p-2/t15-,16-;/m1./s1. The van der Waals surface area contributed by atoms with Crippen LogP contribution in [-0.2, 0) is 20.4 Å². The summed E-state index contributed by atoms with van der Waals surface area (Å²) in [4.78, 5) is 9.02. The molecule has 7 heteroatoms. The number of phenols is 2. The number of benzene rings is 2. The zero-order valence-electron chi connectivity index (χ0n) is 14.5. The van der Waals surface area contributed by atoms with Crippen LogP contribution in [0.5, 0.6) is 23.0 Å². The number of hydrogen-bond acceptors (Lipinski definition) is 6. The molecule has 2 aromatic carbocycles. The SMILES string of the molecule is [O-]c1c(O)cccc1C=N[C@@H]1CCCC[C@H]1N=Cc1cccc(O)c1[O-].[Pd+2]. The molecule has 3 rings (SSSR count). The molecule has 0 aliphatic heterocycles. The van der Waals surface area contributed by atoms with Crippen LogP contribution in [0.1, 0.15) is 36.8 Å². The second-order valence-corrected chi connectivity index (χ2v) is 6.37. The van der Waals surface area contributed by atoms with E-state index < -0.39 is 11.5 Å². The van der Waals surface area contributed by atoms with E-state index in [0.29, 0.717) is 11.1 Å². The first kappa shape index (κ1) is 20.9. The Hall–Kier alpha value is -2.36. The van der Waals surface area contributed by atoms with Gasteiger partial charge in [0.2, 0.25) is 0 Å². The summed E-state index contributed by atoms with van der Waals surface area (Å²) < 4.78 is 0. The molecule has 0 heterocycles. The number of aromatic hydroxyl groups is 2. The molecule has 27 heavy (non-hydrogen) atoms. The van der Waals surface area contributed by atoms with Crippen LogP contribution in [0.3, 0.4) is 0 Å². The van der Waals surface area contributed by atoms with Gasteiger partial charge in [0.05, 0.1) is 12.1 Å².